The van der Waals surface area contributed by atoms with Crippen LogP contribution in [0.3, 0.4) is 0 Å². The number of thiazole rings is 1. The Morgan fingerprint density at radius 1 is 1.07 bits per heavy atom. The quantitative estimate of drug-likeness (QED) is 0.101. The Morgan fingerprint density at radius 2 is 1.81 bits per heavy atom. The first-order valence-electron chi connectivity index (χ1n) is 15.2. The van der Waals surface area contributed by atoms with Crippen LogP contribution in [-0.2, 0) is 29.4 Å². The molecule has 0 aliphatic heterocycles. The number of nitrogens with zero attached hydrogens (tertiary/aromatic N) is 5. The van der Waals surface area contributed by atoms with Gasteiger partial charge in [-0.25, -0.2) is 15.0 Å². The Kier molecular flexibility index (Phi) is 11.5. The lowest BCUT2D eigenvalue weighted by Gasteiger charge is -2.25. The van der Waals surface area contributed by atoms with Crippen LogP contribution < -0.4 is 10.2 Å². The minimum atomic E-state index is -0.0641. The van der Waals surface area contributed by atoms with Gasteiger partial charge in [0, 0.05) is 44.1 Å². The molecule has 3 heterocycles. The number of anilines is 2. The maximum Gasteiger partial charge on any atom is 0.226 e. The number of amides is 1. The molecule has 8 nitrogen and oxygen atoms in total. The third-order valence-corrected chi connectivity index (χ3v) is 9.41. The average molecular weight is 611 g/mol. The van der Waals surface area contributed by atoms with Gasteiger partial charge in [-0.2, -0.15) is 0 Å². The van der Waals surface area contributed by atoms with Crippen molar-refractivity contribution in [2.75, 3.05) is 23.3 Å². The van der Waals surface area contributed by atoms with E-state index in [0.29, 0.717) is 29.6 Å². The summed E-state index contributed by atoms with van der Waals surface area (Å²) in [5, 5.41) is 3.56. The maximum absolute atomic E-state index is 12.8. The molecule has 0 aliphatic rings. The Labute approximate surface area is 258 Å². The van der Waals surface area contributed by atoms with Crippen LogP contribution in [0.15, 0.2) is 39.2 Å². The van der Waals surface area contributed by atoms with Gasteiger partial charge in [0.2, 0.25) is 11.8 Å². The van der Waals surface area contributed by atoms with Crippen LogP contribution in [0, 0.1) is 0 Å². The second-order valence-corrected chi connectivity index (χ2v) is 14.2. The minimum Gasteiger partial charge on any atom is -0.444 e. The molecule has 0 fully saturated rings. The number of thioether (sulfide) groups is 1. The highest BCUT2D eigenvalue weighted by Crippen LogP contribution is 2.32. The summed E-state index contributed by atoms with van der Waals surface area (Å²) < 4.78 is 8.99. The van der Waals surface area contributed by atoms with Gasteiger partial charge < -0.3 is 19.2 Å². The summed E-state index contributed by atoms with van der Waals surface area (Å²) >= 11 is 3.07. The number of carbonyl (C=O) groups is 1. The number of unbranched alkanes of at least 4 members (excludes halogenated alkanes) is 4. The van der Waals surface area contributed by atoms with Gasteiger partial charge in [0.1, 0.15) is 11.6 Å². The number of oxazole rings is 1. The van der Waals surface area contributed by atoms with Gasteiger partial charge in [-0.3, -0.25) is 4.79 Å². The zero-order valence-corrected chi connectivity index (χ0v) is 27.7. The van der Waals surface area contributed by atoms with Gasteiger partial charge in [0.05, 0.1) is 33.4 Å². The van der Waals surface area contributed by atoms with Gasteiger partial charge >= 0.3 is 0 Å². The van der Waals surface area contributed by atoms with E-state index in [4.69, 9.17) is 9.40 Å². The normalized spacial score (nSPS) is 11.9. The van der Waals surface area contributed by atoms with Crippen LogP contribution in [0.5, 0.6) is 0 Å². The number of hydrogen-bond donors (Lipinski definition) is 1. The smallest absolute Gasteiger partial charge is 0.226 e. The van der Waals surface area contributed by atoms with Gasteiger partial charge in [0.25, 0.3) is 0 Å². The lowest BCUT2D eigenvalue weighted by molar-refractivity contribution is -0.116. The standard InChI is InChI=1S/C32H46N6O2S2/c1-7-9-11-17-38(18-12-10-8-2)23-13-14-25-24(19-23)35-27(37(25)6)15-16-28(39)36-31-34-21-30(42-31)41-22-29-33-20-26(40-29)32(3,4)5/h13-14,19-21H,7-12,15-18,22H2,1-6H3,(H,34,36,39). The fourth-order valence-electron chi connectivity index (χ4n) is 4.78. The summed E-state index contributed by atoms with van der Waals surface area (Å²) in [6.45, 7) is 13.0. The summed E-state index contributed by atoms with van der Waals surface area (Å²) in [6, 6.07) is 6.61. The zero-order valence-electron chi connectivity index (χ0n) is 26.0. The molecule has 1 N–H and O–H groups in total. The first-order valence-corrected chi connectivity index (χ1v) is 17.0. The second-order valence-electron chi connectivity index (χ2n) is 11.9. The Bertz CT molecular complexity index is 1420. The molecule has 3 aromatic heterocycles. The number of rotatable bonds is 16. The Hall–Kier alpha value is -2.85. The first-order chi connectivity index (χ1) is 20.2. The highest BCUT2D eigenvalue weighted by atomic mass is 32.2. The number of nitrogens with one attached hydrogen (secondary N) is 1. The van der Waals surface area contributed by atoms with Gasteiger partial charge in [-0.15, -0.1) is 11.8 Å². The second kappa shape index (κ2) is 15.0. The molecule has 0 aliphatic carbocycles. The minimum absolute atomic E-state index is 0.0609. The molecule has 10 heteroatoms. The van der Waals surface area contributed by atoms with Crippen LogP contribution in [0.2, 0.25) is 0 Å². The van der Waals surface area contributed by atoms with Gasteiger partial charge in [-0.1, -0.05) is 71.6 Å². The van der Waals surface area contributed by atoms with Crippen molar-refractivity contribution in [2.45, 2.75) is 101 Å². The molecule has 0 unspecified atom stereocenters. The number of aryl methyl sites for hydroxylation is 2. The third-order valence-electron chi connectivity index (χ3n) is 7.32. The van der Waals surface area contributed by atoms with E-state index in [1.54, 1.807) is 24.2 Å². The van der Waals surface area contributed by atoms with Crippen molar-refractivity contribution in [2.24, 2.45) is 7.05 Å². The predicted molar refractivity (Wildman–Crippen MR) is 176 cm³/mol. The van der Waals surface area contributed by atoms with E-state index < -0.39 is 0 Å². The van der Waals surface area contributed by atoms with Crippen molar-refractivity contribution < 1.29 is 9.21 Å². The molecule has 4 rings (SSSR count). The van der Waals surface area contributed by atoms with Crippen molar-refractivity contribution in [3.8, 4) is 0 Å². The monoisotopic (exact) mass is 610 g/mol. The molecular weight excluding hydrogens is 565 g/mol. The Morgan fingerprint density at radius 3 is 2.48 bits per heavy atom. The number of hydrogen-bond acceptors (Lipinski definition) is 8. The molecule has 42 heavy (non-hydrogen) atoms. The van der Waals surface area contributed by atoms with Crippen molar-refractivity contribution in [1.82, 2.24) is 19.5 Å². The summed E-state index contributed by atoms with van der Waals surface area (Å²) in [4.78, 5) is 29.0. The number of fused-ring (bicyclic) bond motifs is 1. The topological polar surface area (TPSA) is 89.1 Å². The molecule has 1 amide bonds. The average Bonchev–Trinajstić information content (AvgIpc) is 3.69. The molecule has 0 atom stereocenters. The Balaban J connectivity index is 1.31. The SMILES string of the molecule is CCCCCN(CCCCC)c1ccc2c(c1)nc(CCC(=O)Nc1ncc(SCc3ncc(C(C)(C)C)o3)s1)n2C. The van der Waals surface area contributed by atoms with Crippen LogP contribution in [0.1, 0.15) is 97.0 Å². The molecule has 0 spiro atoms. The number of imidazole rings is 1. The van der Waals surface area contributed by atoms with Crippen LogP contribution in [-0.4, -0.2) is 38.5 Å². The number of benzene rings is 1. The van der Waals surface area contributed by atoms with Gasteiger partial charge in [0.15, 0.2) is 5.13 Å². The molecule has 0 saturated heterocycles. The fraction of sp³-hybridized carbons (Fsp3) is 0.562. The summed E-state index contributed by atoms with van der Waals surface area (Å²) in [7, 11) is 2.03. The van der Waals surface area contributed by atoms with E-state index in [0.717, 1.165) is 39.9 Å². The van der Waals surface area contributed by atoms with Crippen LogP contribution in [0.4, 0.5) is 10.8 Å². The van der Waals surface area contributed by atoms with Gasteiger partial charge in [-0.05, 0) is 31.0 Å². The van der Waals surface area contributed by atoms with E-state index in [1.165, 1.54) is 55.5 Å². The summed E-state index contributed by atoms with van der Waals surface area (Å²) in [5.41, 5.74) is 3.26. The molecule has 0 saturated carbocycles. The van der Waals surface area contributed by atoms with E-state index in [1.807, 2.05) is 7.05 Å². The molecule has 0 bridgehead atoms. The van der Waals surface area contributed by atoms with E-state index >= 15 is 0 Å². The van der Waals surface area contributed by atoms with Crippen LogP contribution >= 0.6 is 23.1 Å². The zero-order chi connectivity index (χ0) is 30.1. The number of aromatic nitrogens is 4. The highest BCUT2D eigenvalue weighted by molar-refractivity contribution is 8.00. The lowest BCUT2D eigenvalue weighted by Crippen LogP contribution is -2.25. The molecular formula is C32H46N6O2S2. The van der Waals surface area contributed by atoms with Crippen molar-refractivity contribution in [3.63, 3.8) is 0 Å². The van der Waals surface area contributed by atoms with Crippen LogP contribution in [0.25, 0.3) is 11.0 Å². The van der Waals surface area contributed by atoms with Crippen molar-refractivity contribution in [1.29, 1.82) is 0 Å². The van der Waals surface area contributed by atoms with Crippen molar-refractivity contribution >= 4 is 50.9 Å². The van der Waals surface area contributed by atoms with E-state index in [9.17, 15) is 4.79 Å². The van der Waals surface area contributed by atoms with E-state index in [-0.39, 0.29) is 11.3 Å². The fourth-order valence-corrected chi connectivity index (χ4v) is 6.52. The maximum atomic E-state index is 12.8. The molecule has 0 radical (unpaired) electrons. The molecule has 1 aromatic carbocycles. The largest absolute Gasteiger partial charge is 0.444 e. The number of carbonyl (C=O) groups excluding carboxylic acids is 1. The van der Waals surface area contributed by atoms with E-state index in [2.05, 4.69) is 77.6 Å². The highest BCUT2D eigenvalue weighted by Gasteiger charge is 2.19. The molecule has 4 aromatic rings. The summed E-state index contributed by atoms with van der Waals surface area (Å²) in [6.07, 6.45) is 11.9. The predicted octanol–water partition coefficient (Wildman–Crippen LogP) is 8.37. The summed E-state index contributed by atoms with van der Waals surface area (Å²) in [5.74, 6) is 3.04. The van der Waals surface area contributed by atoms with Crippen molar-refractivity contribution in [3.05, 3.63) is 48.1 Å². The third kappa shape index (κ3) is 8.83. The molecule has 228 valence electrons. The first kappa shape index (κ1) is 32.1. The lowest BCUT2D eigenvalue weighted by atomic mass is 9.94.